The summed E-state index contributed by atoms with van der Waals surface area (Å²) in [7, 11) is 0. The molecule has 1 N–H and O–H groups in total. The molecule has 1 aliphatic rings. The van der Waals surface area contributed by atoms with Crippen molar-refractivity contribution in [3.8, 4) is 0 Å². The minimum atomic E-state index is -0.211. The molecule has 2 rings (SSSR count). The number of anilines is 1. The van der Waals surface area contributed by atoms with Gasteiger partial charge in [-0.05, 0) is 19.3 Å². The third-order valence-electron chi connectivity index (χ3n) is 3.59. The smallest absolute Gasteiger partial charge is 0.231 e. The zero-order valence-corrected chi connectivity index (χ0v) is 10.6. The second-order valence-electron chi connectivity index (χ2n) is 4.52. The van der Waals surface area contributed by atoms with Gasteiger partial charge in [0.2, 0.25) is 5.91 Å². The Morgan fingerprint density at radius 2 is 2.18 bits per heavy atom. The van der Waals surface area contributed by atoms with E-state index in [4.69, 9.17) is 11.6 Å². The summed E-state index contributed by atoms with van der Waals surface area (Å²) >= 11 is 5.75. The van der Waals surface area contributed by atoms with Gasteiger partial charge in [0.15, 0.2) is 0 Å². The first-order chi connectivity index (χ1) is 8.16. The lowest BCUT2D eigenvalue weighted by molar-refractivity contribution is -0.125. The van der Waals surface area contributed by atoms with E-state index < -0.39 is 0 Å². The van der Waals surface area contributed by atoms with Crippen LogP contribution in [-0.4, -0.2) is 15.9 Å². The third kappa shape index (κ3) is 2.57. The molecule has 0 bridgehead atoms. The lowest BCUT2D eigenvalue weighted by Gasteiger charge is -2.25. The van der Waals surface area contributed by atoms with E-state index in [-0.39, 0.29) is 11.3 Å². The van der Waals surface area contributed by atoms with E-state index in [0.717, 1.165) is 32.1 Å². The fourth-order valence-electron chi connectivity index (χ4n) is 2.44. The van der Waals surface area contributed by atoms with Crippen LogP contribution in [-0.2, 0) is 4.79 Å². The Hall–Kier alpha value is -1.16. The molecule has 0 aromatic carbocycles. The number of hydrogen-bond acceptors (Lipinski definition) is 3. The average molecular weight is 254 g/mol. The van der Waals surface area contributed by atoms with Gasteiger partial charge in [-0.2, -0.15) is 0 Å². The number of amides is 1. The Balaban J connectivity index is 2.10. The van der Waals surface area contributed by atoms with Gasteiger partial charge in [0.25, 0.3) is 0 Å². The standard InChI is InChI=1S/C12H16ClN3O/c1-2-12(5-3-4-6-12)11(17)16-10-7-9(13)14-8-15-10/h7-8H,2-6H2,1H3,(H,14,15,16,17). The molecule has 1 aromatic rings. The number of rotatable bonds is 3. The summed E-state index contributed by atoms with van der Waals surface area (Å²) in [5.74, 6) is 0.544. The second-order valence-corrected chi connectivity index (χ2v) is 4.91. The Bertz CT molecular complexity index is 416. The molecule has 0 saturated heterocycles. The number of hydrogen-bond donors (Lipinski definition) is 1. The maximum atomic E-state index is 12.3. The van der Waals surface area contributed by atoms with Crippen LogP contribution in [0.2, 0.25) is 5.15 Å². The topological polar surface area (TPSA) is 54.9 Å². The molecule has 1 saturated carbocycles. The van der Waals surface area contributed by atoms with Crippen molar-refractivity contribution in [2.45, 2.75) is 39.0 Å². The Kier molecular flexibility index (Phi) is 3.62. The Labute approximate surface area is 106 Å². The van der Waals surface area contributed by atoms with E-state index in [2.05, 4.69) is 22.2 Å². The molecule has 17 heavy (non-hydrogen) atoms. The second kappa shape index (κ2) is 5.00. The van der Waals surface area contributed by atoms with Gasteiger partial charge in [-0.3, -0.25) is 4.79 Å². The molecule has 0 spiro atoms. The first kappa shape index (κ1) is 12.3. The molecule has 0 unspecified atom stereocenters. The molecule has 1 amide bonds. The van der Waals surface area contributed by atoms with Crippen molar-refractivity contribution in [3.63, 3.8) is 0 Å². The molecule has 1 fully saturated rings. The van der Waals surface area contributed by atoms with E-state index >= 15 is 0 Å². The zero-order chi connectivity index (χ0) is 12.3. The lowest BCUT2D eigenvalue weighted by Crippen LogP contribution is -2.33. The molecule has 0 atom stereocenters. The number of nitrogens with one attached hydrogen (secondary N) is 1. The van der Waals surface area contributed by atoms with E-state index in [9.17, 15) is 4.79 Å². The maximum Gasteiger partial charge on any atom is 0.231 e. The Morgan fingerprint density at radius 1 is 1.47 bits per heavy atom. The number of nitrogens with zero attached hydrogens (tertiary/aromatic N) is 2. The normalized spacial score (nSPS) is 18.0. The Morgan fingerprint density at radius 3 is 2.76 bits per heavy atom. The van der Waals surface area contributed by atoms with Crippen LogP contribution < -0.4 is 5.32 Å². The molecule has 1 aliphatic carbocycles. The van der Waals surface area contributed by atoms with Crippen molar-refractivity contribution in [3.05, 3.63) is 17.5 Å². The van der Waals surface area contributed by atoms with Crippen molar-refractivity contribution >= 4 is 23.3 Å². The summed E-state index contributed by atoms with van der Waals surface area (Å²) in [6.45, 7) is 2.07. The quantitative estimate of drug-likeness (QED) is 0.843. The first-order valence-electron chi connectivity index (χ1n) is 5.95. The van der Waals surface area contributed by atoms with Gasteiger partial charge in [0.1, 0.15) is 17.3 Å². The molecular formula is C12H16ClN3O. The lowest BCUT2D eigenvalue weighted by atomic mass is 9.82. The number of carbonyl (C=O) groups excluding carboxylic acids is 1. The van der Waals surface area contributed by atoms with Gasteiger partial charge in [-0.1, -0.05) is 31.4 Å². The number of halogens is 1. The number of aromatic nitrogens is 2. The van der Waals surface area contributed by atoms with Gasteiger partial charge < -0.3 is 5.32 Å². The monoisotopic (exact) mass is 253 g/mol. The van der Waals surface area contributed by atoms with Crippen molar-refractivity contribution in [2.24, 2.45) is 5.41 Å². The van der Waals surface area contributed by atoms with Crippen molar-refractivity contribution in [1.29, 1.82) is 0 Å². The molecule has 0 radical (unpaired) electrons. The SMILES string of the molecule is CCC1(C(=O)Nc2cc(Cl)ncn2)CCCC1. The van der Waals surface area contributed by atoms with Gasteiger partial charge in [0, 0.05) is 11.5 Å². The summed E-state index contributed by atoms with van der Waals surface area (Å²) in [4.78, 5) is 20.0. The molecule has 4 nitrogen and oxygen atoms in total. The molecule has 5 heteroatoms. The molecule has 0 aliphatic heterocycles. The average Bonchev–Trinajstić information content (AvgIpc) is 2.78. The van der Waals surface area contributed by atoms with Gasteiger partial charge in [0.05, 0.1) is 0 Å². The fraction of sp³-hybridized carbons (Fsp3) is 0.583. The fourth-order valence-corrected chi connectivity index (χ4v) is 2.59. The first-order valence-corrected chi connectivity index (χ1v) is 6.33. The van der Waals surface area contributed by atoms with E-state index in [1.54, 1.807) is 6.07 Å². The van der Waals surface area contributed by atoms with Crippen LogP contribution in [0.25, 0.3) is 0 Å². The molecular weight excluding hydrogens is 238 g/mol. The van der Waals surface area contributed by atoms with E-state index in [1.165, 1.54) is 6.33 Å². The minimum absolute atomic E-state index is 0.0623. The summed E-state index contributed by atoms with van der Waals surface area (Å²) in [6, 6.07) is 1.57. The molecule has 1 heterocycles. The van der Waals surface area contributed by atoms with Crippen LogP contribution in [0.1, 0.15) is 39.0 Å². The highest BCUT2D eigenvalue weighted by Gasteiger charge is 2.39. The van der Waals surface area contributed by atoms with Gasteiger partial charge in [-0.25, -0.2) is 9.97 Å². The van der Waals surface area contributed by atoms with Crippen molar-refractivity contribution in [1.82, 2.24) is 9.97 Å². The summed E-state index contributed by atoms with van der Waals surface area (Å²) in [5.41, 5.74) is -0.211. The van der Waals surface area contributed by atoms with Crippen LogP contribution in [0, 0.1) is 5.41 Å². The van der Waals surface area contributed by atoms with E-state index in [0.29, 0.717) is 11.0 Å². The largest absolute Gasteiger partial charge is 0.310 e. The van der Waals surface area contributed by atoms with Crippen LogP contribution >= 0.6 is 11.6 Å². The highest BCUT2D eigenvalue weighted by atomic mass is 35.5. The highest BCUT2D eigenvalue weighted by Crippen LogP contribution is 2.41. The number of carbonyl (C=O) groups is 1. The maximum absolute atomic E-state index is 12.3. The minimum Gasteiger partial charge on any atom is -0.310 e. The van der Waals surface area contributed by atoms with Crippen LogP contribution in [0.4, 0.5) is 5.82 Å². The summed E-state index contributed by atoms with van der Waals surface area (Å²) in [6.07, 6.45) is 6.42. The van der Waals surface area contributed by atoms with Crippen LogP contribution in [0.5, 0.6) is 0 Å². The van der Waals surface area contributed by atoms with E-state index in [1.807, 2.05) is 0 Å². The molecule has 1 aromatic heterocycles. The van der Waals surface area contributed by atoms with Gasteiger partial charge >= 0.3 is 0 Å². The summed E-state index contributed by atoms with van der Waals surface area (Å²) < 4.78 is 0. The third-order valence-corrected chi connectivity index (χ3v) is 3.80. The van der Waals surface area contributed by atoms with Crippen molar-refractivity contribution in [2.75, 3.05) is 5.32 Å². The van der Waals surface area contributed by atoms with Crippen LogP contribution in [0.3, 0.4) is 0 Å². The predicted molar refractivity (Wildman–Crippen MR) is 66.9 cm³/mol. The highest BCUT2D eigenvalue weighted by molar-refractivity contribution is 6.29. The summed E-state index contributed by atoms with van der Waals surface area (Å²) in [5, 5.41) is 3.18. The predicted octanol–water partition coefficient (Wildman–Crippen LogP) is 3.04. The molecule has 92 valence electrons. The van der Waals surface area contributed by atoms with Crippen molar-refractivity contribution < 1.29 is 4.79 Å². The zero-order valence-electron chi connectivity index (χ0n) is 9.87. The van der Waals surface area contributed by atoms with Gasteiger partial charge in [-0.15, -0.1) is 0 Å². The van der Waals surface area contributed by atoms with Crippen LogP contribution in [0.15, 0.2) is 12.4 Å².